The van der Waals surface area contributed by atoms with Gasteiger partial charge in [-0.25, -0.2) is 13.1 Å². The van der Waals surface area contributed by atoms with Crippen LogP contribution in [0, 0.1) is 5.92 Å². The van der Waals surface area contributed by atoms with Crippen molar-refractivity contribution in [3.63, 3.8) is 0 Å². The monoisotopic (exact) mass is 284 g/mol. The summed E-state index contributed by atoms with van der Waals surface area (Å²) in [6.45, 7) is 0.318. The molecule has 0 aromatic heterocycles. The average molecular weight is 284 g/mol. The quantitative estimate of drug-likeness (QED) is 0.699. The molecule has 1 aromatic rings. The van der Waals surface area contributed by atoms with Gasteiger partial charge in [0.1, 0.15) is 0 Å². The number of hydrogen-bond donors (Lipinski definition) is 3. The fourth-order valence-electron chi connectivity index (χ4n) is 2.37. The topological polar surface area (TPSA) is 92.4 Å². The largest absolute Gasteiger partial charge is 0.399 e. The zero-order chi connectivity index (χ0) is 13.9. The van der Waals surface area contributed by atoms with E-state index >= 15 is 0 Å². The second-order valence-electron chi connectivity index (χ2n) is 5.11. The number of nitrogen functional groups attached to an aromatic ring is 1. The van der Waals surface area contributed by atoms with Crippen molar-refractivity contribution in [1.82, 2.24) is 4.72 Å². The van der Waals surface area contributed by atoms with Gasteiger partial charge < -0.3 is 10.8 Å². The zero-order valence-corrected chi connectivity index (χ0v) is 11.6. The number of hydrogen-bond acceptors (Lipinski definition) is 4. The molecule has 0 amide bonds. The summed E-state index contributed by atoms with van der Waals surface area (Å²) in [7, 11) is -3.36. The smallest absolute Gasteiger partial charge is 0.215 e. The molecule has 4 N–H and O–H groups in total. The first-order chi connectivity index (χ1) is 8.96. The van der Waals surface area contributed by atoms with Crippen LogP contribution < -0.4 is 10.5 Å². The molecule has 2 atom stereocenters. The molecule has 5 nitrogen and oxygen atoms in total. The van der Waals surface area contributed by atoms with E-state index in [0.717, 1.165) is 19.3 Å². The number of sulfonamides is 1. The predicted molar refractivity (Wildman–Crippen MR) is 74.8 cm³/mol. The van der Waals surface area contributed by atoms with Crippen molar-refractivity contribution in [2.45, 2.75) is 31.1 Å². The van der Waals surface area contributed by atoms with Crippen LogP contribution in [0.4, 0.5) is 5.69 Å². The maximum absolute atomic E-state index is 11.9. The van der Waals surface area contributed by atoms with Gasteiger partial charge in [0.25, 0.3) is 0 Å². The maximum atomic E-state index is 11.9. The van der Waals surface area contributed by atoms with E-state index in [1.165, 1.54) is 0 Å². The van der Waals surface area contributed by atoms with E-state index in [2.05, 4.69) is 4.72 Å². The normalized spacial score (nSPS) is 23.6. The highest BCUT2D eigenvalue weighted by atomic mass is 32.2. The highest BCUT2D eigenvalue weighted by molar-refractivity contribution is 7.88. The molecule has 0 aliphatic heterocycles. The Labute approximate surface area is 113 Å². The van der Waals surface area contributed by atoms with E-state index in [1.54, 1.807) is 24.3 Å². The van der Waals surface area contributed by atoms with Gasteiger partial charge in [0, 0.05) is 12.2 Å². The Bertz CT molecular complexity index is 513. The van der Waals surface area contributed by atoms with E-state index in [1.807, 2.05) is 0 Å². The van der Waals surface area contributed by atoms with Crippen LogP contribution >= 0.6 is 0 Å². The van der Waals surface area contributed by atoms with Crippen molar-refractivity contribution in [2.75, 3.05) is 12.3 Å². The van der Waals surface area contributed by atoms with Crippen molar-refractivity contribution >= 4 is 15.7 Å². The fourth-order valence-corrected chi connectivity index (χ4v) is 3.58. The van der Waals surface area contributed by atoms with Crippen molar-refractivity contribution in [1.29, 1.82) is 0 Å². The number of anilines is 1. The summed E-state index contributed by atoms with van der Waals surface area (Å²) in [6.07, 6.45) is 2.24. The van der Waals surface area contributed by atoms with E-state index in [-0.39, 0.29) is 17.8 Å². The molecular formula is C13H20N2O3S. The van der Waals surface area contributed by atoms with Crippen LogP contribution in [0.2, 0.25) is 0 Å². The molecule has 0 heterocycles. The van der Waals surface area contributed by atoms with Crippen LogP contribution in [-0.2, 0) is 15.8 Å². The van der Waals surface area contributed by atoms with Gasteiger partial charge in [0.15, 0.2) is 0 Å². The Hall–Kier alpha value is -1.11. The zero-order valence-electron chi connectivity index (χ0n) is 10.7. The van der Waals surface area contributed by atoms with Gasteiger partial charge in [0.2, 0.25) is 10.0 Å². The van der Waals surface area contributed by atoms with Crippen LogP contribution in [0.3, 0.4) is 0 Å². The van der Waals surface area contributed by atoms with Crippen LogP contribution in [0.15, 0.2) is 24.3 Å². The maximum Gasteiger partial charge on any atom is 0.215 e. The summed E-state index contributed by atoms with van der Waals surface area (Å²) in [5.41, 5.74) is 6.87. The summed E-state index contributed by atoms with van der Waals surface area (Å²) in [5.74, 6) is -0.0167. The third-order valence-corrected chi connectivity index (χ3v) is 4.84. The second kappa shape index (κ2) is 5.90. The minimum absolute atomic E-state index is 0.0428. The predicted octanol–water partition coefficient (Wildman–Crippen LogP) is 0.849. The molecular weight excluding hydrogens is 264 g/mol. The molecule has 6 heteroatoms. The Morgan fingerprint density at radius 1 is 1.26 bits per heavy atom. The molecule has 0 spiro atoms. The minimum Gasteiger partial charge on any atom is -0.399 e. The first-order valence-electron chi connectivity index (χ1n) is 6.46. The van der Waals surface area contributed by atoms with E-state index in [9.17, 15) is 13.5 Å². The number of aliphatic hydroxyl groups is 1. The summed E-state index contributed by atoms with van der Waals surface area (Å²) in [4.78, 5) is 0. The first kappa shape index (κ1) is 14.3. The molecule has 0 radical (unpaired) electrons. The highest BCUT2D eigenvalue weighted by Crippen LogP contribution is 2.24. The molecule has 0 bridgehead atoms. The van der Waals surface area contributed by atoms with E-state index in [4.69, 9.17) is 5.73 Å². The summed E-state index contributed by atoms with van der Waals surface area (Å²) in [5, 5.41) is 9.66. The lowest BCUT2D eigenvalue weighted by molar-refractivity contribution is 0.134. The van der Waals surface area contributed by atoms with Gasteiger partial charge in [0.05, 0.1) is 11.9 Å². The summed E-state index contributed by atoms with van der Waals surface area (Å²) >= 11 is 0. The van der Waals surface area contributed by atoms with Gasteiger partial charge in [-0.15, -0.1) is 0 Å². The molecule has 2 unspecified atom stereocenters. The molecule has 1 aliphatic carbocycles. The molecule has 1 saturated carbocycles. The fraction of sp³-hybridized carbons (Fsp3) is 0.538. The summed E-state index contributed by atoms with van der Waals surface area (Å²) < 4.78 is 26.4. The van der Waals surface area contributed by atoms with Crippen LogP contribution in [0.5, 0.6) is 0 Å². The third-order valence-electron chi connectivity index (χ3n) is 3.52. The van der Waals surface area contributed by atoms with Gasteiger partial charge in [-0.2, -0.15) is 0 Å². The third kappa shape index (κ3) is 4.19. The van der Waals surface area contributed by atoms with Crippen molar-refractivity contribution in [2.24, 2.45) is 5.92 Å². The molecule has 0 saturated heterocycles. The summed E-state index contributed by atoms with van der Waals surface area (Å²) in [6, 6.07) is 6.79. The molecule has 19 heavy (non-hydrogen) atoms. The Morgan fingerprint density at radius 3 is 2.53 bits per heavy atom. The standard InChI is InChI=1S/C13H20N2O3S/c14-12-6-4-10(5-7-12)9-19(17,18)15-8-11-2-1-3-13(11)16/h4-7,11,13,15-16H,1-3,8-9,14H2. The van der Waals surface area contributed by atoms with Crippen molar-refractivity contribution in [3.05, 3.63) is 29.8 Å². The van der Waals surface area contributed by atoms with Crippen molar-refractivity contribution < 1.29 is 13.5 Å². The van der Waals surface area contributed by atoms with Crippen molar-refractivity contribution in [3.8, 4) is 0 Å². The van der Waals surface area contributed by atoms with Gasteiger partial charge in [-0.05, 0) is 36.5 Å². The first-order valence-corrected chi connectivity index (χ1v) is 8.11. The average Bonchev–Trinajstić information content (AvgIpc) is 2.75. The van der Waals surface area contributed by atoms with Gasteiger partial charge in [-0.1, -0.05) is 18.6 Å². The molecule has 2 rings (SSSR count). The molecule has 106 valence electrons. The SMILES string of the molecule is Nc1ccc(CS(=O)(=O)NCC2CCCC2O)cc1. The lowest BCUT2D eigenvalue weighted by atomic mass is 10.1. The van der Waals surface area contributed by atoms with Crippen LogP contribution in [0.25, 0.3) is 0 Å². The van der Waals surface area contributed by atoms with E-state index in [0.29, 0.717) is 17.8 Å². The molecule has 1 aromatic carbocycles. The Morgan fingerprint density at radius 2 is 1.95 bits per heavy atom. The van der Waals surface area contributed by atoms with E-state index < -0.39 is 10.0 Å². The molecule has 1 aliphatic rings. The number of nitrogens with two attached hydrogens (primary N) is 1. The van der Waals surface area contributed by atoms with Gasteiger partial charge in [-0.3, -0.25) is 0 Å². The second-order valence-corrected chi connectivity index (χ2v) is 6.91. The van der Waals surface area contributed by atoms with Crippen LogP contribution in [0.1, 0.15) is 24.8 Å². The lowest BCUT2D eigenvalue weighted by Crippen LogP contribution is -2.33. The number of nitrogens with one attached hydrogen (secondary N) is 1. The lowest BCUT2D eigenvalue weighted by Gasteiger charge is -2.15. The Kier molecular flexibility index (Phi) is 4.44. The number of aliphatic hydroxyl groups excluding tert-OH is 1. The van der Waals surface area contributed by atoms with Gasteiger partial charge >= 0.3 is 0 Å². The van der Waals surface area contributed by atoms with Crippen LogP contribution in [-0.4, -0.2) is 26.2 Å². The molecule has 1 fully saturated rings. The number of benzene rings is 1. The minimum atomic E-state index is -3.36. The Balaban J connectivity index is 1.89. The number of rotatable bonds is 5. The highest BCUT2D eigenvalue weighted by Gasteiger charge is 2.26.